The SMILES string of the molecule is CN1C=CN(COCc2cccc3ccccc23)C1/C=N\O. The van der Waals surface area contributed by atoms with Crippen LogP contribution >= 0.6 is 0 Å². The van der Waals surface area contributed by atoms with Gasteiger partial charge in [0.15, 0.2) is 0 Å². The lowest BCUT2D eigenvalue weighted by molar-refractivity contribution is 0.0251. The van der Waals surface area contributed by atoms with Gasteiger partial charge in [-0.3, -0.25) is 0 Å². The first-order chi connectivity index (χ1) is 10.8. The molecule has 3 rings (SSSR count). The van der Waals surface area contributed by atoms with E-state index in [2.05, 4.69) is 29.4 Å². The van der Waals surface area contributed by atoms with Crippen molar-refractivity contribution in [1.29, 1.82) is 0 Å². The van der Waals surface area contributed by atoms with Crippen LogP contribution in [0, 0.1) is 0 Å². The number of nitrogens with zero attached hydrogens (tertiary/aromatic N) is 3. The third-order valence-electron chi connectivity index (χ3n) is 3.83. The number of hydrogen-bond acceptors (Lipinski definition) is 5. The Balaban J connectivity index is 1.64. The fourth-order valence-electron chi connectivity index (χ4n) is 2.65. The van der Waals surface area contributed by atoms with E-state index in [0.717, 1.165) is 0 Å². The van der Waals surface area contributed by atoms with Gasteiger partial charge in [-0.15, -0.1) is 0 Å². The van der Waals surface area contributed by atoms with Crippen molar-refractivity contribution in [3.05, 3.63) is 60.4 Å². The Morgan fingerprint density at radius 1 is 1.18 bits per heavy atom. The molecule has 1 heterocycles. The minimum atomic E-state index is -0.113. The number of rotatable bonds is 5. The van der Waals surface area contributed by atoms with Crippen molar-refractivity contribution >= 4 is 17.0 Å². The first kappa shape index (κ1) is 14.4. The molecule has 1 unspecified atom stereocenters. The van der Waals surface area contributed by atoms with Crippen molar-refractivity contribution in [2.75, 3.05) is 13.8 Å². The molecular formula is C17H19N3O2. The van der Waals surface area contributed by atoms with Crippen LogP contribution in [0.4, 0.5) is 0 Å². The second kappa shape index (κ2) is 6.49. The topological polar surface area (TPSA) is 48.3 Å². The quantitative estimate of drug-likeness (QED) is 0.524. The van der Waals surface area contributed by atoms with Crippen LogP contribution in [0.2, 0.25) is 0 Å². The van der Waals surface area contributed by atoms with Gasteiger partial charge in [0.05, 0.1) is 12.8 Å². The third kappa shape index (κ3) is 2.89. The normalized spacial score (nSPS) is 18.0. The van der Waals surface area contributed by atoms with Gasteiger partial charge >= 0.3 is 0 Å². The van der Waals surface area contributed by atoms with E-state index in [-0.39, 0.29) is 6.17 Å². The molecule has 1 N–H and O–H groups in total. The van der Waals surface area contributed by atoms with Crippen LogP contribution in [0.15, 0.2) is 60.0 Å². The molecule has 1 aliphatic heterocycles. The van der Waals surface area contributed by atoms with Gasteiger partial charge in [0.25, 0.3) is 0 Å². The Morgan fingerprint density at radius 2 is 2.00 bits per heavy atom. The van der Waals surface area contributed by atoms with Crippen LogP contribution in [0.25, 0.3) is 10.8 Å². The van der Waals surface area contributed by atoms with Crippen LogP contribution in [0.5, 0.6) is 0 Å². The van der Waals surface area contributed by atoms with Crippen LogP contribution in [0.1, 0.15) is 5.56 Å². The summed E-state index contributed by atoms with van der Waals surface area (Å²) >= 11 is 0. The lowest BCUT2D eigenvalue weighted by atomic mass is 10.1. The van der Waals surface area contributed by atoms with Crippen molar-refractivity contribution in [2.24, 2.45) is 5.16 Å². The van der Waals surface area contributed by atoms with Crippen molar-refractivity contribution < 1.29 is 9.94 Å². The van der Waals surface area contributed by atoms with Gasteiger partial charge in [-0.1, -0.05) is 47.6 Å². The van der Waals surface area contributed by atoms with Crippen LogP contribution in [-0.2, 0) is 11.3 Å². The molecule has 1 aliphatic rings. The smallest absolute Gasteiger partial charge is 0.142 e. The molecule has 0 fully saturated rings. The fourth-order valence-corrected chi connectivity index (χ4v) is 2.65. The summed E-state index contributed by atoms with van der Waals surface area (Å²) < 4.78 is 5.84. The van der Waals surface area contributed by atoms with Crippen LogP contribution in [-0.4, -0.2) is 41.2 Å². The minimum absolute atomic E-state index is 0.113. The van der Waals surface area contributed by atoms with E-state index >= 15 is 0 Å². The summed E-state index contributed by atoms with van der Waals surface area (Å²) in [6, 6.07) is 14.5. The van der Waals surface area contributed by atoms with Gasteiger partial charge in [-0.05, 0) is 16.3 Å². The van der Waals surface area contributed by atoms with Crippen molar-refractivity contribution in [3.8, 4) is 0 Å². The summed E-state index contributed by atoms with van der Waals surface area (Å²) in [6.07, 6.45) is 5.21. The zero-order chi connectivity index (χ0) is 15.4. The van der Waals surface area contributed by atoms with E-state index in [9.17, 15) is 0 Å². The Kier molecular flexibility index (Phi) is 4.25. The summed E-state index contributed by atoms with van der Waals surface area (Å²) in [4.78, 5) is 3.91. The lowest BCUT2D eigenvalue weighted by Gasteiger charge is -2.26. The first-order valence-corrected chi connectivity index (χ1v) is 7.17. The monoisotopic (exact) mass is 297 g/mol. The van der Waals surface area contributed by atoms with Gasteiger partial charge in [0.1, 0.15) is 12.9 Å². The highest BCUT2D eigenvalue weighted by molar-refractivity contribution is 5.85. The molecule has 0 aromatic heterocycles. The number of hydrogen-bond donors (Lipinski definition) is 1. The molecule has 0 saturated heterocycles. The molecule has 0 radical (unpaired) electrons. The van der Waals surface area contributed by atoms with Crippen molar-refractivity contribution in [2.45, 2.75) is 12.8 Å². The standard InChI is InChI=1S/C17H19N3O2/c1-19-9-10-20(17(19)11-18-21)13-22-12-15-7-4-6-14-5-2-3-8-16(14)15/h2-11,17,21H,12-13H2,1H3/b18-11-. The molecule has 0 bridgehead atoms. The minimum Gasteiger partial charge on any atom is -0.411 e. The van der Waals surface area contributed by atoms with E-state index in [0.29, 0.717) is 13.3 Å². The summed E-state index contributed by atoms with van der Waals surface area (Å²) in [5.41, 5.74) is 1.17. The maximum absolute atomic E-state index is 8.73. The summed E-state index contributed by atoms with van der Waals surface area (Å²) in [5.74, 6) is 0. The largest absolute Gasteiger partial charge is 0.411 e. The maximum Gasteiger partial charge on any atom is 0.142 e. The molecule has 0 spiro atoms. The van der Waals surface area contributed by atoms with Gasteiger partial charge in [-0.25, -0.2) is 0 Å². The second-order valence-electron chi connectivity index (χ2n) is 5.27. The molecule has 114 valence electrons. The third-order valence-corrected chi connectivity index (χ3v) is 3.83. The number of ether oxygens (including phenoxy) is 1. The zero-order valence-corrected chi connectivity index (χ0v) is 12.5. The number of oxime groups is 1. The lowest BCUT2D eigenvalue weighted by Crippen LogP contribution is -2.39. The molecule has 0 saturated carbocycles. The van der Waals surface area contributed by atoms with Crippen molar-refractivity contribution in [3.63, 3.8) is 0 Å². The van der Waals surface area contributed by atoms with Crippen LogP contribution in [0.3, 0.4) is 0 Å². The zero-order valence-electron chi connectivity index (χ0n) is 12.5. The van der Waals surface area contributed by atoms with Gasteiger partial charge in [0, 0.05) is 19.4 Å². The molecule has 1 atom stereocenters. The van der Waals surface area contributed by atoms with E-state index in [4.69, 9.17) is 9.94 Å². The fraction of sp³-hybridized carbons (Fsp3) is 0.235. The Labute approximate surface area is 129 Å². The Morgan fingerprint density at radius 3 is 2.86 bits per heavy atom. The average Bonchev–Trinajstić information content (AvgIpc) is 2.89. The van der Waals surface area contributed by atoms with E-state index in [1.165, 1.54) is 22.6 Å². The Bertz CT molecular complexity index is 694. The van der Waals surface area contributed by atoms with E-state index < -0.39 is 0 Å². The molecule has 22 heavy (non-hydrogen) atoms. The summed E-state index contributed by atoms with van der Waals surface area (Å²) in [5, 5.41) is 14.3. The number of benzene rings is 2. The Hall–Kier alpha value is -2.53. The van der Waals surface area contributed by atoms with Gasteiger partial charge in [0.2, 0.25) is 0 Å². The van der Waals surface area contributed by atoms with Gasteiger partial charge < -0.3 is 19.7 Å². The molecule has 2 aromatic rings. The number of fused-ring (bicyclic) bond motifs is 1. The molecule has 0 amide bonds. The summed E-state index contributed by atoms with van der Waals surface area (Å²) in [6.45, 7) is 0.971. The molecule has 0 aliphatic carbocycles. The molecule has 5 heteroatoms. The highest BCUT2D eigenvalue weighted by Gasteiger charge is 2.21. The molecule has 2 aromatic carbocycles. The predicted octanol–water partition coefficient (Wildman–Crippen LogP) is 2.82. The molecule has 5 nitrogen and oxygen atoms in total. The first-order valence-electron chi connectivity index (χ1n) is 7.17. The van der Waals surface area contributed by atoms with E-state index in [1.807, 2.05) is 47.4 Å². The highest BCUT2D eigenvalue weighted by Crippen LogP contribution is 2.19. The van der Waals surface area contributed by atoms with Crippen molar-refractivity contribution in [1.82, 2.24) is 9.80 Å². The average molecular weight is 297 g/mol. The maximum atomic E-state index is 8.73. The predicted molar refractivity (Wildman–Crippen MR) is 86.4 cm³/mol. The van der Waals surface area contributed by atoms with Gasteiger partial charge in [-0.2, -0.15) is 0 Å². The highest BCUT2D eigenvalue weighted by atomic mass is 16.5. The molecular weight excluding hydrogens is 278 g/mol. The second-order valence-corrected chi connectivity index (χ2v) is 5.27. The summed E-state index contributed by atoms with van der Waals surface area (Å²) in [7, 11) is 1.92. The van der Waals surface area contributed by atoms with Crippen LogP contribution < -0.4 is 0 Å². The van der Waals surface area contributed by atoms with E-state index in [1.54, 1.807) is 0 Å².